The molecule has 4 heteroatoms. The first kappa shape index (κ1) is 12.3. The van der Waals surface area contributed by atoms with Crippen molar-refractivity contribution in [2.75, 3.05) is 0 Å². The Morgan fingerprint density at radius 1 is 0.955 bits per heavy atom. The molecule has 6 atom stereocenters. The van der Waals surface area contributed by atoms with Crippen molar-refractivity contribution in [3.8, 4) is 0 Å². The van der Waals surface area contributed by atoms with E-state index in [4.69, 9.17) is 0 Å². The molecule has 22 heavy (non-hydrogen) atoms. The van der Waals surface area contributed by atoms with Gasteiger partial charge in [-0.25, -0.2) is 0 Å². The number of nitrogens with zero attached hydrogens (tertiary/aromatic N) is 2. The van der Waals surface area contributed by atoms with E-state index in [1.54, 1.807) is 6.21 Å². The SMILES string of the molecule is O=C1[C@@H]2[C@H]3C=C[C@@H]([C@@H]4C[C@@H]34)[C@@H]2C(=O)N1/N=C\c1ccccc1. The molecule has 4 aliphatic carbocycles. The summed E-state index contributed by atoms with van der Waals surface area (Å²) in [5.74, 6) is 1.23. The molecule has 3 fully saturated rings. The molecule has 4 nitrogen and oxygen atoms in total. The molecule has 1 heterocycles. The largest absolute Gasteiger partial charge is 0.272 e. The fraction of sp³-hybridized carbons (Fsp3) is 0.389. The zero-order chi connectivity index (χ0) is 14.8. The molecule has 0 aromatic heterocycles. The van der Waals surface area contributed by atoms with Crippen molar-refractivity contribution in [3.63, 3.8) is 0 Å². The van der Waals surface area contributed by atoms with Crippen LogP contribution in [-0.2, 0) is 9.59 Å². The summed E-state index contributed by atoms with van der Waals surface area (Å²) in [6.45, 7) is 0. The molecule has 6 rings (SSSR count). The predicted octanol–water partition coefficient (Wildman–Crippen LogP) is 2.07. The second-order valence-corrected chi connectivity index (χ2v) is 6.80. The van der Waals surface area contributed by atoms with Crippen molar-refractivity contribution in [3.05, 3.63) is 48.0 Å². The number of imide groups is 1. The van der Waals surface area contributed by atoms with Gasteiger partial charge in [-0.3, -0.25) is 9.59 Å². The van der Waals surface area contributed by atoms with Gasteiger partial charge in [0.2, 0.25) is 0 Å². The van der Waals surface area contributed by atoms with E-state index in [0.29, 0.717) is 11.8 Å². The molecule has 0 spiro atoms. The summed E-state index contributed by atoms with van der Waals surface area (Å²) in [4.78, 5) is 25.4. The maximum atomic E-state index is 12.7. The van der Waals surface area contributed by atoms with Crippen molar-refractivity contribution >= 4 is 18.0 Å². The minimum absolute atomic E-state index is 0.105. The van der Waals surface area contributed by atoms with Crippen molar-refractivity contribution in [2.45, 2.75) is 6.42 Å². The van der Waals surface area contributed by atoms with Crippen molar-refractivity contribution < 1.29 is 9.59 Å². The number of hydrazone groups is 1. The zero-order valence-corrected chi connectivity index (χ0v) is 12.0. The van der Waals surface area contributed by atoms with E-state index in [1.165, 1.54) is 6.42 Å². The minimum atomic E-state index is -0.167. The zero-order valence-electron chi connectivity index (χ0n) is 12.0. The first-order valence-electron chi connectivity index (χ1n) is 7.91. The highest BCUT2D eigenvalue weighted by Gasteiger charge is 2.67. The lowest BCUT2D eigenvalue weighted by Gasteiger charge is -2.37. The summed E-state index contributed by atoms with van der Waals surface area (Å²) in [6, 6.07) is 9.55. The van der Waals surface area contributed by atoms with E-state index in [9.17, 15) is 9.59 Å². The average molecular weight is 292 g/mol. The maximum absolute atomic E-state index is 12.7. The number of benzene rings is 1. The normalized spacial score (nSPS) is 41.2. The van der Waals surface area contributed by atoms with E-state index < -0.39 is 0 Å². The highest BCUT2D eigenvalue weighted by molar-refractivity contribution is 6.06. The van der Waals surface area contributed by atoms with Gasteiger partial charge >= 0.3 is 0 Å². The van der Waals surface area contributed by atoms with Gasteiger partial charge in [-0.2, -0.15) is 10.1 Å². The summed E-state index contributed by atoms with van der Waals surface area (Å²) in [7, 11) is 0. The van der Waals surface area contributed by atoms with E-state index in [2.05, 4.69) is 17.3 Å². The Hall–Kier alpha value is -2.23. The van der Waals surface area contributed by atoms with Gasteiger partial charge in [0.05, 0.1) is 18.1 Å². The third-order valence-electron chi connectivity index (χ3n) is 5.76. The molecule has 2 saturated carbocycles. The Morgan fingerprint density at radius 3 is 2.14 bits per heavy atom. The van der Waals surface area contributed by atoms with Gasteiger partial charge in [-0.15, -0.1) is 0 Å². The monoisotopic (exact) mass is 292 g/mol. The molecule has 5 aliphatic rings. The van der Waals surface area contributed by atoms with Crippen LogP contribution >= 0.6 is 0 Å². The van der Waals surface area contributed by atoms with Gasteiger partial charge in [0.25, 0.3) is 11.8 Å². The first-order chi connectivity index (χ1) is 10.8. The fourth-order valence-corrected chi connectivity index (χ4v) is 4.72. The highest BCUT2D eigenvalue weighted by atomic mass is 16.2. The maximum Gasteiger partial charge on any atom is 0.254 e. The number of amides is 2. The van der Waals surface area contributed by atoms with Crippen LogP contribution in [0, 0.1) is 35.5 Å². The molecular formula is C18H16N2O2. The van der Waals surface area contributed by atoms with Crippen LogP contribution in [0.2, 0.25) is 0 Å². The van der Waals surface area contributed by atoms with E-state index >= 15 is 0 Å². The number of carbonyl (C=O) groups is 2. The Labute approximate surface area is 128 Å². The van der Waals surface area contributed by atoms with Gasteiger partial charge in [-0.1, -0.05) is 42.5 Å². The quantitative estimate of drug-likeness (QED) is 0.476. The van der Waals surface area contributed by atoms with Crippen LogP contribution in [0.15, 0.2) is 47.6 Å². The van der Waals surface area contributed by atoms with Crippen LogP contribution in [0.25, 0.3) is 0 Å². The van der Waals surface area contributed by atoms with Crippen molar-refractivity contribution in [2.24, 2.45) is 40.6 Å². The standard InChI is InChI=1S/C18H16N2O2/c21-17-15-11-6-7-12(14-8-13(11)14)16(15)18(22)20(17)19-9-10-4-2-1-3-5-10/h1-7,9,11-16H,8H2/b19-9-/t11-,12-,13-,14-,15-,16+/m0/s1. The van der Waals surface area contributed by atoms with Crippen LogP contribution < -0.4 is 0 Å². The number of hydrogen-bond acceptors (Lipinski definition) is 3. The van der Waals surface area contributed by atoms with E-state index in [1.807, 2.05) is 30.3 Å². The number of hydrogen-bond donors (Lipinski definition) is 0. The number of carbonyl (C=O) groups excluding carboxylic acids is 2. The molecule has 0 radical (unpaired) electrons. The predicted molar refractivity (Wildman–Crippen MR) is 80.6 cm³/mol. The third kappa shape index (κ3) is 1.50. The molecule has 1 aromatic rings. The Balaban J connectivity index is 1.46. The second-order valence-electron chi connectivity index (χ2n) is 6.80. The number of allylic oxidation sites excluding steroid dienone is 2. The van der Waals surface area contributed by atoms with Crippen LogP contribution in [0.3, 0.4) is 0 Å². The smallest absolute Gasteiger partial charge is 0.254 e. The summed E-state index contributed by atoms with van der Waals surface area (Å²) < 4.78 is 0. The minimum Gasteiger partial charge on any atom is -0.272 e. The lowest BCUT2D eigenvalue weighted by Crippen LogP contribution is -2.40. The lowest BCUT2D eigenvalue weighted by atomic mass is 9.63. The molecule has 0 unspecified atom stereocenters. The molecule has 1 saturated heterocycles. The Morgan fingerprint density at radius 2 is 1.55 bits per heavy atom. The van der Waals surface area contributed by atoms with Crippen LogP contribution in [0.4, 0.5) is 0 Å². The van der Waals surface area contributed by atoms with Crippen LogP contribution in [0.1, 0.15) is 12.0 Å². The van der Waals surface area contributed by atoms with Gasteiger partial charge < -0.3 is 0 Å². The van der Waals surface area contributed by atoms with Gasteiger partial charge in [0, 0.05) is 0 Å². The summed E-state index contributed by atoms with van der Waals surface area (Å²) in [5, 5.41) is 5.32. The molecule has 1 aliphatic heterocycles. The van der Waals surface area contributed by atoms with E-state index in [0.717, 1.165) is 10.6 Å². The molecule has 2 amide bonds. The Bertz CT molecular complexity index is 688. The lowest BCUT2D eigenvalue weighted by molar-refractivity contribution is -0.140. The van der Waals surface area contributed by atoms with E-state index in [-0.39, 0.29) is 35.5 Å². The first-order valence-corrected chi connectivity index (χ1v) is 7.91. The van der Waals surface area contributed by atoms with Crippen molar-refractivity contribution in [1.29, 1.82) is 0 Å². The van der Waals surface area contributed by atoms with Gasteiger partial charge in [0.15, 0.2) is 0 Å². The third-order valence-corrected chi connectivity index (χ3v) is 5.76. The molecule has 2 bridgehead atoms. The van der Waals surface area contributed by atoms with Crippen LogP contribution in [0.5, 0.6) is 0 Å². The summed E-state index contributed by atoms with van der Waals surface area (Å²) >= 11 is 0. The summed E-state index contributed by atoms with van der Waals surface area (Å²) in [6.07, 6.45) is 7.14. The fourth-order valence-electron chi connectivity index (χ4n) is 4.72. The molecule has 0 N–H and O–H groups in total. The second kappa shape index (κ2) is 4.15. The molecule has 110 valence electrons. The van der Waals surface area contributed by atoms with Crippen LogP contribution in [-0.4, -0.2) is 23.0 Å². The Kier molecular flexibility index (Phi) is 2.33. The summed E-state index contributed by atoms with van der Waals surface area (Å²) in [5.41, 5.74) is 0.891. The van der Waals surface area contributed by atoms with Gasteiger partial charge in [0.1, 0.15) is 0 Å². The number of rotatable bonds is 2. The molecule has 1 aromatic carbocycles. The molecular weight excluding hydrogens is 276 g/mol. The topological polar surface area (TPSA) is 49.7 Å². The van der Waals surface area contributed by atoms with Crippen molar-refractivity contribution in [1.82, 2.24) is 5.01 Å². The average Bonchev–Trinajstić information content (AvgIpc) is 3.33. The van der Waals surface area contributed by atoms with Gasteiger partial charge in [-0.05, 0) is 35.7 Å². The highest BCUT2D eigenvalue weighted by Crippen LogP contribution is 2.65.